The van der Waals surface area contributed by atoms with Gasteiger partial charge >= 0.3 is 6.18 Å². The monoisotopic (exact) mass is 467 g/mol. The van der Waals surface area contributed by atoms with Gasteiger partial charge in [0, 0.05) is 11.3 Å². The second-order valence-corrected chi connectivity index (χ2v) is 10.8. The molecule has 4 rings (SSSR count). The van der Waals surface area contributed by atoms with Gasteiger partial charge in [-0.15, -0.1) is 0 Å². The van der Waals surface area contributed by atoms with Gasteiger partial charge in [-0.1, -0.05) is 18.2 Å². The van der Waals surface area contributed by atoms with Crippen LogP contribution in [-0.4, -0.2) is 29.9 Å². The molecule has 1 aromatic carbocycles. The van der Waals surface area contributed by atoms with Gasteiger partial charge in [-0.3, -0.25) is 4.79 Å². The Bertz CT molecular complexity index is 1170. The number of sulfone groups is 1. The first kappa shape index (κ1) is 22.8. The fraction of sp³-hybridized carbons (Fsp3) is 0.435. The maximum absolute atomic E-state index is 13.0. The first-order valence-electron chi connectivity index (χ1n) is 10.6. The van der Waals surface area contributed by atoms with E-state index in [0.717, 1.165) is 6.07 Å². The molecular formula is C23H24F3NO4S. The maximum Gasteiger partial charge on any atom is 0.421 e. The molecule has 9 heteroatoms. The van der Waals surface area contributed by atoms with Crippen LogP contribution in [0.25, 0.3) is 5.57 Å². The van der Waals surface area contributed by atoms with E-state index in [4.69, 9.17) is 0 Å². The number of benzene rings is 1. The molecule has 0 unspecified atom stereocenters. The number of halogens is 3. The third-order valence-electron chi connectivity index (χ3n) is 6.11. The quantitative estimate of drug-likeness (QED) is 0.686. The number of rotatable bonds is 5. The van der Waals surface area contributed by atoms with Gasteiger partial charge < -0.3 is 10.1 Å². The van der Waals surface area contributed by atoms with Crippen LogP contribution >= 0.6 is 0 Å². The smallest absolute Gasteiger partial charge is 0.393 e. The van der Waals surface area contributed by atoms with E-state index in [1.807, 2.05) is 6.08 Å². The average Bonchev–Trinajstić information content (AvgIpc) is 3.58. The van der Waals surface area contributed by atoms with E-state index in [1.165, 1.54) is 18.2 Å². The molecule has 2 aromatic rings. The zero-order valence-corrected chi connectivity index (χ0v) is 18.0. The molecule has 1 aromatic heterocycles. The Kier molecular flexibility index (Phi) is 6.06. The summed E-state index contributed by atoms with van der Waals surface area (Å²) >= 11 is 0. The first-order valence-corrected chi connectivity index (χ1v) is 12.2. The van der Waals surface area contributed by atoms with E-state index in [0.29, 0.717) is 49.7 Å². The number of alkyl halides is 3. The molecular weight excluding hydrogens is 443 g/mol. The highest BCUT2D eigenvalue weighted by molar-refractivity contribution is 7.92. The maximum atomic E-state index is 13.0. The number of hydrogen-bond donors (Lipinski definition) is 2. The fourth-order valence-corrected chi connectivity index (χ4v) is 5.75. The number of aromatic nitrogens is 1. The van der Waals surface area contributed by atoms with Crippen molar-refractivity contribution in [3.63, 3.8) is 0 Å². The second kappa shape index (κ2) is 8.51. The van der Waals surface area contributed by atoms with Crippen molar-refractivity contribution in [2.75, 3.05) is 0 Å². The molecule has 0 radical (unpaired) electrons. The van der Waals surface area contributed by atoms with E-state index in [-0.39, 0.29) is 27.9 Å². The Balaban J connectivity index is 1.73. The molecule has 2 aliphatic rings. The lowest BCUT2D eigenvalue weighted by atomic mass is 9.85. The minimum absolute atomic E-state index is 0.0778. The van der Waals surface area contributed by atoms with Crippen LogP contribution in [0.5, 0.6) is 0 Å². The van der Waals surface area contributed by atoms with Crippen LogP contribution in [0.3, 0.4) is 0 Å². The van der Waals surface area contributed by atoms with E-state index in [9.17, 15) is 31.5 Å². The van der Waals surface area contributed by atoms with E-state index < -0.39 is 27.1 Å². The zero-order valence-electron chi connectivity index (χ0n) is 17.2. The van der Waals surface area contributed by atoms with Crippen LogP contribution in [0.2, 0.25) is 0 Å². The van der Waals surface area contributed by atoms with Crippen molar-refractivity contribution in [3.05, 3.63) is 69.6 Å². The van der Waals surface area contributed by atoms with Crippen LogP contribution in [0.15, 0.2) is 52.2 Å². The number of nitrogens with one attached hydrogen (secondary N) is 1. The molecule has 0 saturated heterocycles. The minimum atomic E-state index is -4.76. The van der Waals surface area contributed by atoms with Crippen LogP contribution in [-0.2, 0) is 16.0 Å². The minimum Gasteiger partial charge on any atom is -0.393 e. The van der Waals surface area contributed by atoms with Crippen molar-refractivity contribution in [1.29, 1.82) is 0 Å². The molecule has 2 N–H and O–H groups in total. The van der Waals surface area contributed by atoms with Gasteiger partial charge in [-0.2, -0.15) is 13.2 Å². The molecule has 32 heavy (non-hydrogen) atoms. The number of aliphatic hydroxyl groups excluding tert-OH is 1. The topological polar surface area (TPSA) is 87.2 Å². The Labute approximate surface area is 183 Å². The number of H-pyrrole nitrogens is 1. The Morgan fingerprint density at radius 1 is 0.969 bits per heavy atom. The highest BCUT2D eigenvalue weighted by atomic mass is 32.2. The van der Waals surface area contributed by atoms with Crippen molar-refractivity contribution in [2.45, 2.75) is 61.0 Å². The van der Waals surface area contributed by atoms with Crippen molar-refractivity contribution in [3.8, 4) is 0 Å². The van der Waals surface area contributed by atoms with Crippen molar-refractivity contribution in [2.24, 2.45) is 5.92 Å². The zero-order chi connectivity index (χ0) is 23.1. The van der Waals surface area contributed by atoms with Gasteiger partial charge in [-0.05, 0) is 74.3 Å². The summed E-state index contributed by atoms with van der Waals surface area (Å²) in [6.07, 6.45) is 0.746. The molecule has 0 spiro atoms. The molecule has 172 valence electrons. The summed E-state index contributed by atoms with van der Waals surface area (Å²) in [4.78, 5) is 14.7. The van der Waals surface area contributed by atoms with Gasteiger partial charge in [0.2, 0.25) is 0 Å². The molecule has 0 aliphatic heterocycles. The Morgan fingerprint density at radius 2 is 1.59 bits per heavy atom. The number of hydrogen-bond acceptors (Lipinski definition) is 4. The van der Waals surface area contributed by atoms with Crippen LogP contribution < -0.4 is 5.56 Å². The normalized spacial score (nSPS) is 22.7. The van der Waals surface area contributed by atoms with Gasteiger partial charge in [0.15, 0.2) is 9.84 Å². The first-order chi connectivity index (χ1) is 15.1. The predicted octanol–water partition coefficient (Wildman–Crippen LogP) is 4.31. The summed E-state index contributed by atoms with van der Waals surface area (Å²) < 4.78 is 64.0. The SMILES string of the molecule is O=c1[nH]c(C(=C[C@H]2CC[C@H](O)CC2)c2ccc(S(=O)(=O)C3CC3)cc2)ccc1C(F)(F)F. The molecule has 2 fully saturated rings. The highest BCUT2D eigenvalue weighted by Crippen LogP contribution is 2.35. The summed E-state index contributed by atoms with van der Waals surface area (Å²) in [6, 6.07) is 8.23. The van der Waals surface area contributed by atoms with Crippen molar-refractivity contribution in [1.82, 2.24) is 4.98 Å². The van der Waals surface area contributed by atoms with Gasteiger partial charge in [-0.25, -0.2) is 8.42 Å². The van der Waals surface area contributed by atoms with Crippen LogP contribution in [0, 0.1) is 5.92 Å². The number of aromatic amines is 1. The molecule has 0 atom stereocenters. The summed E-state index contributed by atoms with van der Waals surface area (Å²) in [7, 11) is -3.36. The van der Waals surface area contributed by atoms with E-state index in [2.05, 4.69) is 4.98 Å². The van der Waals surface area contributed by atoms with Gasteiger partial charge in [0.1, 0.15) is 5.56 Å². The second-order valence-electron chi connectivity index (χ2n) is 8.53. The Morgan fingerprint density at radius 3 is 2.12 bits per heavy atom. The van der Waals surface area contributed by atoms with Crippen molar-refractivity contribution < 1.29 is 26.7 Å². The molecule has 5 nitrogen and oxygen atoms in total. The summed E-state index contributed by atoms with van der Waals surface area (Å²) in [6.45, 7) is 0. The predicted molar refractivity (Wildman–Crippen MR) is 114 cm³/mol. The lowest BCUT2D eigenvalue weighted by Gasteiger charge is -2.24. The molecule has 1 heterocycles. The standard InChI is InChI=1S/C23H24F3NO4S/c24-23(25,26)20-11-12-21(27-22(20)29)19(13-14-1-5-16(28)6-2-14)15-3-7-17(8-4-15)32(30,31)18-9-10-18/h3-4,7-8,11-14,16,18,28H,1-2,5-6,9-10H2,(H,27,29)/t14-,16-. The van der Waals surface area contributed by atoms with Gasteiger partial charge in [0.25, 0.3) is 5.56 Å². The molecule has 0 bridgehead atoms. The lowest BCUT2D eigenvalue weighted by molar-refractivity contribution is -0.138. The van der Waals surface area contributed by atoms with Gasteiger partial charge in [0.05, 0.1) is 16.2 Å². The number of allylic oxidation sites excluding steroid dienone is 1. The fourth-order valence-electron chi connectivity index (χ4n) is 4.09. The molecule has 2 aliphatic carbocycles. The summed E-state index contributed by atoms with van der Waals surface area (Å²) in [5.41, 5.74) is -1.14. The number of pyridine rings is 1. The van der Waals surface area contributed by atoms with Crippen LogP contribution in [0.1, 0.15) is 55.3 Å². The summed E-state index contributed by atoms with van der Waals surface area (Å²) in [5, 5.41) is 9.42. The number of aliphatic hydroxyl groups is 1. The van der Waals surface area contributed by atoms with E-state index >= 15 is 0 Å². The van der Waals surface area contributed by atoms with Crippen LogP contribution in [0.4, 0.5) is 13.2 Å². The van der Waals surface area contributed by atoms with E-state index in [1.54, 1.807) is 12.1 Å². The van der Waals surface area contributed by atoms with Crippen molar-refractivity contribution >= 4 is 15.4 Å². The molecule has 2 saturated carbocycles. The highest BCUT2D eigenvalue weighted by Gasteiger charge is 2.37. The third kappa shape index (κ3) is 4.83. The average molecular weight is 468 g/mol. The summed E-state index contributed by atoms with van der Waals surface area (Å²) in [5.74, 6) is 0.0778. The largest absolute Gasteiger partial charge is 0.421 e. The Hall–Kier alpha value is -2.39. The lowest BCUT2D eigenvalue weighted by Crippen LogP contribution is -2.22. The third-order valence-corrected chi connectivity index (χ3v) is 8.38. The molecule has 0 amide bonds.